The molecule has 1 amide bonds. The highest BCUT2D eigenvalue weighted by Gasteiger charge is 2.74. The first kappa shape index (κ1) is 14.2. The van der Waals surface area contributed by atoms with Crippen molar-refractivity contribution >= 4 is 5.91 Å². The number of amides is 1. The largest absolute Gasteiger partial charge is 0.373 e. The van der Waals surface area contributed by atoms with Gasteiger partial charge >= 0.3 is 0 Å². The summed E-state index contributed by atoms with van der Waals surface area (Å²) in [6.45, 7) is 1.90. The average Bonchev–Trinajstić information content (AvgIpc) is 3.05. The van der Waals surface area contributed by atoms with Crippen LogP contribution in [0.1, 0.15) is 35.2 Å². The Labute approximate surface area is 129 Å². The summed E-state index contributed by atoms with van der Waals surface area (Å²) in [5, 5.41) is 3.49. The van der Waals surface area contributed by atoms with Crippen LogP contribution in [0.3, 0.4) is 0 Å². The Bertz CT molecular complexity index is 626. The molecule has 4 unspecified atom stereocenters. The van der Waals surface area contributed by atoms with Gasteiger partial charge in [-0.2, -0.15) is 0 Å². The van der Waals surface area contributed by atoms with E-state index >= 15 is 0 Å². The van der Waals surface area contributed by atoms with Crippen molar-refractivity contribution in [2.24, 2.45) is 23.0 Å². The minimum absolute atomic E-state index is 0.216. The quantitative estimate of drug-likeness (QED) is 0.895. The second-order valence-corrected chi connectivity index (χ2v) is 6.95. The van der Waals surface area contributed by atoms with Gasteiger partial charge in [0.15, 0.2) is 0 Å². The normalized spacial score (nSPS) is 39.2. The lowest BCUT2D eigenvalue weighted by Gasteiger charge is -2.63. The Morgan fingerprint density at radius 2 is 2.23 bits per heavy atom. The maximum atomic E-state index is 14.0. The van der Waals surface area contributed by atoms with Gasteiger partial charge < -0.3 is 15.8 Å². The van der Waals surface area contributed by atoms with E-state index in [0.29, 0.717) is 11.8 Å². The maximum Gasteiger partial charge on any atom is 0.248 e. The number of benzene rings is 1. The van der Waals surface area contributed by atoms with Crippen molar-refractivity contribution in [3.63, 3.8) is 0 Å². The number of nitrogens with two attached hydrogens (primary N) is 1. The lowest BCUT2D eigenvalue weighted by molar-refractivity contribution is -0.243. The molecule has 0 radical (unpaired) electrons. The van der Waals surface area contributed by atoms with E-state index < -0.39 is 17.3 Å². The molecule has 4 rings (SSSR count). The Kier molecular flexibility index (Phi) is 2.91. The molecule has 2 saturated carbocycles. The highest BCUT2D eigenvalue weighted by molar-refractivity contribution is 5.93. The maximum absolute atomic E-state index is 14.0. The number of methoxy groups -OCH3 is 1. The van der Waals surface area contributed by atoms with E-state index in [0.717, 1.165) is 25.1 Å². The number of halogens is 1. The molecule has 1 aromatic carbocycles. The highest BCUT2D eigenvalue weighted by Crippen LogP contribution is 2.72. The van der Waals surface area contributed by atoms with E-state index in [2.05, 4.69) is 5.32 Å². The van der Waals surface area contributed by atoms with Crippen molar-refractivity contribution in [3.8, 4) is 0 Å². The first-order valence-corrected chi connectivity index (χ1v) is 7.91. The third kappa shape index (κ3) is 1.51. The van der Waals surface area contributed by atoms with Gasteiger partial charge in [-0.05, 0) is 47.9 Å². The zero-order chi connectivity index (χ0) is 15.5. The number of hydrogen-bond donors (Lipinski definition) is 2. The van der Waals surface area contributed by atoms with Crippen LogP contribution in [0.15, 0.2) is 18.2 Å². The van der Waals surface area contributed by atoms with Crippen LogP contribution in [0.4, 0.5) is 4.39 Å². The smallest absolute Gasteiger partial charge is 0.248 e. The lowest BCUT2D eigenvalue weighted by atomic mass is 9.45. The van der Waals surface area contributed by atoms with Gasteiger partial charge in [0, 0.05) is 31.7 Å². The van der Waals surface area contributed by atoms with E-state index in [-0.39, 0.29) is 11.0 Å². The molecule has 1 aliphatic heterocycles. The molecule has 4 atom stereocenters. The van der Waals surface area contributed by atoms with Gasteiger partial charge in [0.1, 0.15) is 11.4 Å². The van der Waals surface area contributed by atoms with Crippen molar-refractivity contribution in [1.82, 2.24) is 5.32 Å². The monoisotopic (exact) mass is 304 g/mol. The third-order valence-electron chi connectivity index (χ3n) is 6.33. The summed E-state index contributed by atoms with van der Waals surface area (Å²) in [7, 11) is 1.70. The Balaban J connectivity index is 1.85. The molecule has 0 bridgehead atoms. The predicted octanol–water partition coefficient (Wildman–Crippen LogP) is 1.79. The van der Waals surface area contributed by atoms with Crippen LogP contribution in [-0.2, 0) is 10.3 Å². The van der Waals surface area contributed by atoms with Crippen molar-refractivity contribution in [2.75, 3.05) is 20.2 Å². The number of nitrogens with one attached hydrogen (secondary N) is 1. The summed E-state index contributed by atoms with van der Waals surface area (Å²) >= 11 is 0. The number of hydrogen-bond acceptors (Lipinski definition) is 3. The first-order chi connectivity index (χ1) is 10.5. The lowest BCUT2D eigenvalue weighted by Crippen LogP contribution is -2.65. The highest BCUT2D eigenvalue weighted by atomic mass is 19.1. The molecule has 1 saturated heterocycles. The third-order valence-corrected chi connectivity index (χ3v) is 6.33. The van der Waals surface area contributed by atoms with Crippen LogP contribution in [0.2, 0.25) is 0 Å². The summed E-state index contributed by atoms with van der Waals surface area (Å²) in [5.41, 5.74) is 6.12. The van der Waals surface area contributed by atoms with Crippen molar-refractivity contribution in [1.29, 1.82) is 0 Å². The molecule has 5 heteroatoms. The minimum atomic E-state index is -0.603. The molecular weight excluding hydrogens is 283 g/mol. The standard InChI is InChI=1S/C17H21FN2O2/c1-22-17(11-5-10(15(19)21)6-12(18)7-11)13-3-2-4-16(13)9-20-8-14(16)17/h5-7,13-14,20H,2-4,8-9H2,1H3,(H2,19,21). The van der Waals surface area contributed by atoms with E-state index in [1.807, 2.05) is 0 Å². The zero-order valence-corrected chi connectivity index (χ0v) is 12.7. The second-order valence-electron chi connectivity index (χ2n) is 6.95. The van der Waals surface area contributed by atoms with Crippen molar-refractivity contribution in [3.05, 3.63) is 35.1 Å². The summed E-state index contributed by atoms with van der Waals surface area (Å²) in [4.78, 5) is 11.5. The van der Waals surface area contributed by atoms with Crippen LogP contribution >= 0.6 is 0 Å². The molecule has 4 nitrogen and oxygen atoms in total. The van der Waals surface area contributed by atoms with Crippen LogP contribution in [0.25, 0.3) is 0 Å². The van der Waals surface area contributed by atoms with E-state index in [9.17, 15) is 9.18 Å². The Hall–Kier alpha value is -1.46. The van der Waals surface area contributed by atoms with E-state index in [4.69, 9.17) is 10.5 Å². The first-order valence-electron chi connectivity index (χ1n) is 7.91. The fraction of sp³-hybridized carbons (Fsp3) is 0.588. The topological polar surface area (TPSA) is 64.3 Å². The van der Waals surface area contributed by atoms with Crippen LogP contribution < -0.4 is 11.1 Å². The summed E-state index contributed by atoms with van der Waals surface area (Å²) in [5.74, 6) is -0.315. The molecule has 22 heavy (non-hydrogen) atoms. The van der Waals surface area contributed by atoms with E-state index in [1.54, 1.807) is 13.2 Å². The molecular formula is C17H21FN2O2. The number of primary amides is 1. The predicted molar refractivity (Wildman–Crippen MR) is 79.7 cm³/mol. The average molecular weight is 304 g/mol. The van der Waals surface area contributed by atoms with Crippen molar-refractivity contribution < 1.29 is 13.9 Å². The second kappa shape index (κ2) is 4.52. The summed E-state index contributed by atoms with van der Waals surface area (Å²) in [6.07, 6.45) is 3.48. The van der Waals surface area contributed by atoms with Gasteiger partial charge in [0.2, 0.25) is 5.91 Å². The molecule has 3 aliphatic rings. The number of carbonyl (C=O) groups is 1. The summed E-state index contributed by atoms with van der Waals surface area (Å²) < 4.78 is 20.0. The van der Waals surface area contributed by atoms with Gasteiger partial charge in [-0.25, -0.2) is 4.39 Å². The Morgan fingerprint density at radius 3 is 2.95 bits per heavy atom. The molecule has 1 spiro atoms. The van der Waals surface area contributed by atoms with Crippen molar-refractivity contribution in [2.45, 2.75) is 24.9 Å². The van der Waals surface area contributed by atoms with Gasteiger partial charge in [-0.1, -0.05) is 6.42 Å². The molecule has 3 N–H and O–H groups in total. The van der Waals surface area contributed by atoms with Crippen LogP contribution in [-0.4, -0.2) is 26.1 Å². The minimum Gasteiger partial charge on any atom is -0.373 e. The van der Waals surface area contributed by atoms with Crippen LogP contribution in [0, 0.1) is 23.1 Å². The van der Waals surface area contributed by atoms with Gasteiger partial charge in [0.25, 0.3) is 0 Å². The molecule has 3 fully saturated rings. The number of carbonyl (C=O) groups excluding carboxylic acids is 1. The SMILES string of the molecule is COC1(c2cc(F)cc(C(N)=O)c2)C2CCCC23CNCC31. The summed E-state index contributed by atoms with van der Waals surface area (Å²) in [6, 6.07) is 4.43. The fourth-order valence-electron chi connectivity index (χ4n) is 5.63. The molecule has 2 aliphatic carbocycles. The fourth-order valence-corrected chi connectivity index (χ4v) is 5.63. The molecule has 1 aromatic rings. The van der Waals surface area contributed by atoms with Gasteiger partial charge in [-0.15, -0.1) is 0 Å². The van der Waals surface area contributed by atoms with Crippen LogP contribution in [0.5, 0.6) is 0 Å². The van der Waals surface area contributed by atoms with Gasteiger partial charge in [-0.3, -0.25) is 4.79 Å². The molecule has 0 aromatic heterocycles. The zero-order valence-electron chi connectivity index (χ0n) is 12.7. The number of ether oxygens (including phenoxy) is 1. The number of rotatable bonds is 3. The molecule has 118 valence electrons. The molecule has 1 heterocycles. The Morgan fingerprint density at radius 1 is 1.41 bits per heavy atom. The van der Waals surface area contributed by atoms with E-state index in [1.165, 1.54) is 25.0 Å². The van der Waals surface area contributed by atoms with Gasteiger partial charge in [0.05, 0.1) is 0 Å².